The van der Waals surface area contributed by atoms with Crippen LogP contribution < -0.4 is 0 Å². The van der Waals surface area contributed by atoms with E-state index in [-0.39, 0.29) is 18.6 Å². The van der Waals surface area contributed by atoms with Crippen molar-refractivity contribution >= 4 is 5.91 Å². The molecule has 0 aliphatic carbocycles. The zero-order valence-corrected chi connectivity index (χ0v) is 14.8. The van der Waals surface area contributed by atoms with Gasteiger partial charge in [-0.1, -0.05) is 0 Å². The Hall–Kier alpha value is -1.44. The Morgan fingerprint density at radius 1 is 1.24 bits per heavy atom. The van der Waals surface area contributed by atoms with Gasteiger partial charge in [-0.15, -0.1) is 0 Å². The predicted molar refractivity (Wildman–Crippen MR) is 92.0 cm³/mol. The molecule has 0 N–H and O–H groups in total. The molecule has 1 aromatic rings. The molecule has 7 heteroatoms. The maximum atomic E-state index is 12.3. The minimum absolute atomic E-state index is 0.00412. The number of carbonyl (C=O) groups excluding carboxylic acids is 1. The Bertz CT molecular complexity index is 579. The number of amides is 1. The van der Waals surface area contributed by atoms with Crippen LogP contribution in [-0.4, -0.2) is 77.1 Å². The summed E-state index contributed by atoms with van der Waals surface area (Å²) in [4.78, 5) is 16.7. The molecule has 0 aromatic carbocycles. The lowest BCUT2D eigenvalue weighted by Crippen LogP contribution is -2.43. The molecule has 0 saturated carbocycles. The lowest BCUT2D eigenvalue weighted by atomic mass is 10.1. The van der Waals surface area contributed by atoms with Crippen molar-refractivity contribution in [2.24, 2.45) is 0 Å². The minimum atomic E-state index is -0.00412. The van der Waals surface area contributed by atoms with E-state index in [4.69, 9.17) is 9.47 Å². The van der Waals surface area contributed by atoms with E-state index in [1.807, 2.05) is 15.8 Å². The van der Waals surface area contributed by atoms with Crippen molar-refractivity contribution in [1.82, 2.24) is 19.6 Å². The maximum absolute atomic E-state index is 12.3. The van der Waals surface area contributed by atoms with Crippen molar-refractivity contribution in [3.8, 4) is 0 Å². The van der Waals surface area contributed by atoms with E-state index < -0.39 is 0 Å². The zero-order chi connectivity index (χ0) is 17.1. The quantitative estimate of drug-likeness (QED) is 0.809. The first-order chi connectivity index (χ1) is 12.3. The highest BCUT2D eigenvalue weighted by Crippen LogP contribution is 2.21. The maximum Gasteiger partial charge on any atom is 0.248 e. The molecule has 3 aliphatic rings. The summed E-state index contributed by atoms with van der Waals surface area (Å²) in [5.41, 5.74) is 1.23. The smallest absolute Gasteiger partial charge is 0.248 e. The van der Waals surface area contributed by atoms with Crippen LogP contribution >= 0.6 is 0 Å². The fourth-order valence-corrected chi connectivity index (χ4v) is 4.12. The fraction of sp³-hybridized carbons (Fsp3) is 0.778. The lowest BCUT2D eigenvalue weighted by molar-refractivity contribution is -0.138. The summed E-state index contributed by atoms with van der Waals surface area (Å²) in [6.07, 6.45) is 6.21. The number of fused-ring (bicyclic) bond motifs is 1. The molecule has 1 aromatic heterocycles. The Labute approximate surface area is 148 Å². The summed E-state index contributed by atoms with van der Waals surface area (Å²) in [6.45, 7) is 6.07. The monoisotopic (exact) mass is 348 g/mol. The van der Waals surface area contributed by atoms with Gasteiger partial charge in [0, 0.05) is 51.6 Å². The largest absolute Gasteiger partial charge is 0.381 e. The topological polar surface area (TPSA) is 59.8 Å². The van der Waals surface area contributed by atoms with Crippen molar-refractivity contribution in [3.05, 3.63) is 18.0 Å². The number of hydrogen-bond acceptors (Lipinski definition) is 5. The van der Waals surface area contributed by atoms with Gasteiger partial charge in [-0.2, -0.15) is 5.10 Å². The van der Waals surface area contributed by atoms with Crippen LogP contribution in [0.2, 0.25) is 0 Å². The predicted octanol–water partition coefficient (Wildman–Crippen LogP) is 0.885. The molecular weight excluding hydrogens is 320 g/mol. The van der Waals surface area contributed by atoms with Gasteiger partial charge in [0.2, 0.25) is 5.91 Å². The lowest BCUT2D eigenvalue weighted by Gasteiger charge is -2.34. The Balaban J connectivity index is 1.40. The van der Waals surface area contributed by atoms with Gasteiger partial charge in [0.15, 0.2) is 0 Å². The Kier molecular flexibility index (Phi) is 5.33. The van der Waals surface area contributed by atoms with Crippen molar-refractivity contribution in [2.75, 3.05) is 39.5 Å². The van der Waals surface area contributed by atoms with Gasteiger partial charge >= 0.3 is 0 Å². The summed E-state index contributed by atoms with van der Waals surface area (Å²) in [6, 6.07) is 2.61. The van der Waals surface area contributed by atoms with Gasteiger partial charge < -0.3 is 14.4 Å². The van der Waals surface area contributed by atoms with Crippen LogP contribution in [0.4, 0.5) is 0 Å². The van der Waals surface area contributed by atoms with Crippen LogP contribution in [0, 0.1) is 0 Å². The number of carbonyl (C=O) groups is 1. The number of likely N-dealkylation sites (tertiary alicyclic amines) is 1. The molecule has 4 heterocycles. The normalized spacial score (nSPS) is 25.8. The highest BCUT2D eigenvalue weighted by Gasteiger charge is 2.29. The average molecular weight is 348 g/mol. The summed E-state index contributed by atoms with van der Waals surface area (Å²) < 4.78 is 13.6. The first kappa shape index (κ1) is 17.0. The summed E-state index contributed by atoms with van der Waals surface area (Å²) in [5.74, 6) is 0.125. The number of rotatable bonds is 4. The molecule has 1 atom stereocenters. The van der Waals surface area contributed by atoms with Crippen LogP contribution in [0.5, 0.6) is 0 Å². The third kappa shape index (κ3) is 4.04. The van der Waals surface area contributed by atoms with E-state index >= 15 is 0 Å². The molecule has 7 nitrogen and oxygen atoms in total. The van der Waals surface area contributed by atoms with Gasteiger partial charge in [0.05, 0.1) is 18.3 Å². The van der Waals surface area contributed by atoms with Crippen molar-refractivity contribution in [3.63, 3.8) is 0 Å². The molecule has 2 fully saturated rings. The SMILES string of the molecule is O=C(COC1CN(C2CCOCC2)Cc2ccnn2C1)N1CCCC1. The van der Waals surface area contributed by atoms with Crippen LogP contribution in [0.15, 0.2) is 12.3 Å². The van der Waals surface area contributed by atoms with Crippen molar-refractivity contribution in [2.45, 2.75) is 50.9 Å². The second kappa shape index (κ2) is 7.85. The molecule has 1 amide bonds. The van der Waals surface area contributed by atoms with Gasteiger partial charge in [0.25, 0.3) is 0 Å². The van der Waals surface area contributed by atoms with E-state index in [0.29, 0.717) is 6.04 Å². The second-order valence-corrected chi connectivity index (χ2v) is 7.30. The molecule has 138 valence electrons. The number of nitrogens with zero attached hydrogens (tertiary/aromatic N) is 4. The molecule has 25 heavy (non-hydrogen) atoms. The van der Waals surface area contributed by atoms with Crippen LogP contribution in [0.1, 0.15) is 31.4 Å². The fourth-order valence-electron chi connectivity index (χ4n) is 4.12. The second-order valence-electron chi connectivity index (χ2n) is 7.30. The van der Waals surface area contributed by atoms with E-state index in [9.17, 15) is 4.79 Å². The third-order valence-electron chi connectivity index (χ3n) is 5.59. The molecule has 1 unspecified atom stereocenters. The summed E-state index contributed by atoms with van der Waals surface area (Å²) in [7, 11) is 0. The van der Waals surface area contributed by atoms with Crippen LogP contribution in [0.3, 0.4) is 0 Å². The van der Waals surface area contributed by atoms with Crippen molar-refractivity contribution in [1.29, 1.82) is 0 Å². The van der Waals surface area contributed by atoms with Gasteiger partial charge in [-0.25, -0.2) is 0 Å². The molecule has 4 rings (SSSR count). The average Bonchev–Trinajstić information content (AvgIpc) is 3.29. The molecule has 2 saturated heterocycles. The van der Waals surface area contributed by atoms with Crippen LogP contribution in [0.25, 0.3) is 0 Å². The first-order valence-electron chi connectivity index (χ1n) is 9.51. The number of ether oxygens (including phenoxy) is 2. The van der Waals surface area contributed by atoms with Gasteiger partial charge in [-0.3, -0.25) is 14.4 Å². The van der Waals surface area contributed by atoms with E-state index in [2.05, 4.69) is 16.1 Å². The minimum Gasteiger partial charge on any atom is -0.381 e. The highest BCUT2D eigenvalue weighted by atomic mass is 16.5. The van der Waals surface area contributed by atoms with Gasteiger partial charge in [0.1, 0.15) is 6.61 Å². The summed E-state index contributed by atoms with van der Waals surface area (Å²) in [5, 5.41) is 4.44. The standard InChI is InChI=1S/C18H28N4O3/c23-18(20-7-1-2-8-20)14-25-17-12-21(15-4-9-24-10-5-15)11-16-3-6-19-22(16)13-17/h3,6,15,17H,1-2,4-5,7-14H2. The zero-order valence-electron chi connectivity index (χ0n) is 14.8. The van der Waals surface area contributed by atoms with E-state index in [0.717, 1.165) is 71.6 Å². The third-order valence-corrected chi connectivity index (χ3v) is 5.59. The van der Waals surface area contributed by atoms with Crippen LogP contribution in [-0.2, 0) is 27.4 Å². The Morgan fingerprint density at radius 3 is 2.84 bits per heavy atom. The van der Waals surface area contributed by atoms with Gasteiger partial charge in [-0.05, 0) is 31.7 Å². The number of aromatic nitrogens is 2. The first-order valence-corrected chi connectivity index (χ1v) is 9.51. The molecule has 0 bridgehead atoms. The molecular formula is C18H28N4O3. The molecule has 3 aliphatic heterocycles. The Morgan fingerprint density at radius 2 is 2.04 bits per heavy atom. The van der Waals surface area contributed by atoms with Crippen molar-refractivity contribution < 1.29 is 14.3 Å². The number of hydrogen-bond donors (Lipinski definition) is 0. The molecule has 0 radical (unpaired) electrons. The highest BCUT2D eigenvalue weighted by molar-refractivity contribution is 5.77. The summed E-state index contributed by atoms with van der Waals surface area (Å²) >= 11 is 0. The van der Waals surface area contributed by atoms with E-state index in [1.165, 1.54) is 5.69 Å². The van der Waals surface area contributed by atoms with E-state index in [1.54, 1.807) is 0 Å². The molecule has 0 spiro atoms.